The maximum Gasteiger partial charge on any atom is 0.336 e. The van der Waals surface area contributed by atoms with Gasteiger partial charge in [0.1, 0.15) is 0 Å². The molecule has 0 bridgehead atoms. The van der Waals surface area contributed by atoms with Crippen LogP contribution in [0.2, 0.25) is 0 Å². The number of methoxy groups -OCH3 is 1. The van der Waals surface area contributed by atoms with Crippen LogP contribution >= 0.6 is 15.9 Å². The first-order valence-electron chi connectivity index (χ1n) is 5.97. The minimum absolute atomic E-state index is 0.0824. The highest BCUT2D eigenvalue weighted by atomic mass is 79.9. The Bertz CT molecular complexity index is 629. The van der Waals surface area contributed by atoms with Gasteiger partial charge in [0.25, 0.3) is 0 Å². The van der Waals surface area contributed by atoms with Crippen LogP contribution in [0, 0.1) is 0 Å². The lowest BCUT2D eigenvalue weighted by atomic mass is 10.2. The van der Waals surface area contributed by atoms with Gasteiger partial charge in [-0.2, -0.15) is 4.31 Å². The number of halogens is 1. The topological polar surface area (TPSA) is 83.9 Å². The number of sulfonamides is 1. The molecule has 0 aliphatic carbocycles. The van der Waals surface area contributed by atoms with E-state index in [2.05, 4.69) is 22.5 Å². The number of hydrogen-bond acceptors (Lipinski definition) is 4. The fraction of sp³-hybridized carbons (Fsp3) is 0.308. The number of ether oxygens (including phenoxy) is 1. The molecule has 21 heavy (non-hydrogen) atoms. The Morgan fingerprint density at radius 2 is 2.19 bits per heavy atom. The number of carboxylic acids is 1. The molecule has 1 rings (SSSR count). The van der Waals surface area contributed by atoms with E-state index in [1.54, 1.807) is 0 Å². The van der Waals surface area contributed by atoms with Gasteiger partial charge in [-0.1, -0.05) is 6.08 Å². The Balaban J connectivity index is 3.24. The van der Waals surface area contributed by atoms with Crippen LogP contribution in [0.25, 0.3) is 0 Å². The Kier molecular flexibility index (Phi) is 6.53. The van der Waals surface area contributed by atoms with E-state index in [0.29, 0.717) is 4.47 Å². The minimum Gasteiger partial charge on any atom is -0.478 e. The summed E-state index contributed by atoms with van der Waals surface area (Å²) >= 11 is 3.08. The largest absolute Gasteiger partial charge is 0.478 e. The van der Waals surface area contributed by atoms with Crippen molar-refractivity contribution in [3.05, 3.63) is 40.9 Å². The van der Waals surface area contributed by atoms with E-state index in [0.717, 1.165) is 6.07 Å². The van der Waals surface area contributed by atoms with Crippen LogP contribution in [0.5, 0.6) is 0 Å². The van der Waals surface area contributed by atoms with E-state index in [4.69, 9.17) is 9.84 Å². The molecule has 0 spiro atoms. The fourth-order valence-electron chi connectivity index (χ4n) is 1.62. The monoisotopic (exact) mass is 377 g/mol. The molecule has 116 valence electrons. The van der Waals surface area contributed by atoms with E-state index in [1.165, 1.54) is 29.6 Å². The smallest absolute Gasteiger partial charge is 0.336 e. The first kappa shape index (κ1) is 17.8. The number of benzene rings is 1. The van der Waals surface area contributed by atoms with Gasteiger partial charge in [-0.25, -0.2) is 13.2 Å². The van der Waals surface area contributed by atoms with Crippen LogP contribution in [-0.2, 0) is 14.8 Å². The molecule has 1 aromatic rings. The Morgan fingerprint density at radius 1 is 1.52 bits per heavy atom. The van der Waals surface area contributed by atoms with E-state index < -0.39 is 16.0 Å². The standard InChI is InChI=1S/C13H16BrNO5S/c1-3-6-15(7-8-20-2)21(18,19)10-4-5-12(14)11(9-10)13(16)17/h3-5,9H,1,6-8H2,2H3,(H,16,17). The predicted octanol–water partition coefficient (Wildman–Crippen LogP) is 1.97. The highest BCUT2D eigenvalue weighted by molar-refractivity contribution is 9.10. The second-order valence-electron chi connectivity index (χ2n) is 4.09. The van der Waals surface area contributed by atoms with Gasteiger partial charge in [0.05, 0.1) is 17.1 Å². The fourth-order valence-corrected chi connectivity index (χ4v) is 3.46. The molecule has 0 heterocycles. The van der Waals surface area contributed by atoms with Gasteiger partial charge in [0.2, 0.25) is 10.0 Å². The lowest BCUT2D eigenvalue weighted by molar-refractivity contribution is 0.0695. The molecule has 8 heteroatoms. The Hall–Kier alpha value is -1.22. The molecule has 0 saturated heterocycles. The number of carbonyl (C=O) groups is 1. The van der Waals surface area contributed by atoms with Crippen molar-refractivity contribution in [2.75, 3.05) is 26.8 Å². The van der Waals surface area contributed by atoms with E-state index >= 15 is 0 Å². The number of aromatic carboxylic acids is 1. The van der Waals surface area contributed by atoms with Gasteiger partial charge in [-0.15, -0.1) is 6.58 Å². The second-order valence-corrected chi connectivity index (χ2v) is 6.88. The average Bonchev–Trinajstić information content (AvgIpc) is 2.43. The summed E-state index contributed by atoms with van der Waals surface area (Å²) in [6, 6.07) is 3.89. The van der Waals surface area contributed by atoms with Crippen molar-refractivity contribution in [2.45, 2.75) is 4.90 Å². The van der Waals surface area contributed by atoms with Gasteiger partial charge >= 0.3 is 5.97 Å². The summed E-state index contributed by atoms with van der Waals surface area (Å²) in [6.45, 7) is 4.03. The summed E-state index contributed by atoms with van der Waals surface area (Å²) in [5.74, 6) is -1.20. The quantitative estimate of drug-likeness (QED) is 0.700. The predicted molar refractivity (Wildman–Crippen MR) is 81.9 cm³/mol. The molecular formula is C13H16BrNO5S. The van der Waals surface area contributed by atoms with Crippen molar-refractivity contribution in [2.24, 2.45) is 0 Å². The molecule has 0 atom stereocenters. The summed E-state index contributed by atoms with van der Waals surface area (Å²) in [7, 11) is -2.34. The van der Waals surface area contributed by atoms with Gasteiger partial charge in [0, 0.05) is 24.7 Å². The number of hydrogen-bond donors (Lipinski definition) is 1. The molecule has 0 aromatic heterocycles. The SMILES string of the molecule is C=CCN(CCOC)S(=O)(=O)c1ccc(Br)c(C(=O)O)c1. The van der Waals surface area contributed by atoms with E-state index in [-0.39, 0.29) is 30.2 Å². The van der Waals surface area contributed by atoms with Crippen molar-refractivity contribution in [1.29, 1.82) is 0 Å². The van der Waals surface area contributed by atoms with Crippen LogP contribution in [0.1, 0.15) is 10.4 Å². The third-order valence-corrected chi connectivity index (χ3v) is 5.24. The van der Waals surface area contributed by atoms with Gasteiger partial charge < -0.3 is 9.84 Å². The van der Waals surface area contributed by atoms with Crippen molar-refractivity contribution in [1.82, 2.24) is 4.31 Å². The van der Waals surface area contributed by atoms with E-state index in [9.17, 15) is 13.2 Å². The molecule has 0 aliphatic heterocycles. The minimum atomic E-state index is -3.81. The van der Waals surface area contributed by atoms with Crippen molar-refractivity contribution in [3.63, 3.8) is 0 Å². The molecule has 1 N–H and O–H groups in total. The zero-order valence-electron chi connectivity index (χ0n) is 11.5. The third-order valence-electron chi connectivity index (χ3n) is 2.68. The molecule has 0 aliphatic rings. The van der Waals surface area contributed by atoms with Crippen molar-refractivity contribution in [3.8, 4) is 0 Å². The lowest BCUT2D eigenvalue weighted by Gasteiger charge is -2.20. The zero-order valence-corrected chi connectivity index (χ0v) is 13.9. The van der Waals surface area contributed by atoms with Crippen molar-refractivity contribution < 1.29 is 23.1 Å². The molecule has 0 radical (unpaired) electrons. The van der Waals surface area contributed by atoms with Gasteiger partial charge in [0.15, 0.2) is 0 Å². The first-order valence-corrected chi connectivity index (χ1v) is 8.20. The van der Waals surface area contributed by atoms with Crippen LogP contribution in [0.3, 0.4) is 0 Å². The summed E-state index contributed by atoms with van der Waals surface area (Å²) in [6.07, 6.45) is 1.46. The normalized spacial score (nSPS) is 11.6. The van der Waals surface area contributed by atoms with Crippen LogP contribution < -0.4 is 0 Å². The highest BCUT2D eigenvalue weighted by Crippen LogP contribution is 2.23. The summed E-state index contributed by atoms with van der Waals surface area (Å²) in [5, 5.41) is 9.06. The highest BCUT2D eigenvalue weighted by Gasteiger charge is 2.25. The Morgan fingerprint density at radius 3 is 2.71 bits per heavy atom. The number of nitrogens with zero attached hydrogens (tertiary/aromatic N) is 1. The molecule has 0 saturated carbocycles. The van der Waals surface area contributed by atoms with Crippen LogP contribution in [0.4, 0.5) is 0 Å². The van der Waals surface area contributed by atoms with E-state index in [1.807, 2.05) is 0 Å². The first-order chi connectivity index (χ1) is 9.84. The maximum atomic E-state index is 12.5. The van der Waals surface area contributed by atoms with Gasteiger partial charge in [-0.05, 0) is 34.1 Å². The summed E-state index contributed by atoms with van der Waals surface area (Å²) in [4.78, 5) is 11.0. The summed E-state index contributed by atoms with van der Waals surface area (Å²) in [5.41, 5.74) is -0.110. The Labute approximate surface area is 132 Å². The molecular weight excluding hydrogens is 362 g/mol. The average molecular weight is 378 g/mol. The number of rotatable bonds is 8. The number of carboxylic acid groups (broad SMARTS) is 1. The second kappa shape index (κ2) is 7.69. The van der Waals surface area contributed by atoms with Crippen molar-refractivity contribution >= 4 is 31.9 Å². The molecule has 0 fully saturated rings. The molecule has 0 amide bonds. The molecule has 1 aromatic carbocycles. The zero-order chi connectivity index (χ0) is 16.0. The summed E-state index contributed by atoms with van der Waals surface area (Å²) < 4.78 is 31.4. The maximum absolute atomic E-state index is 12.5. The molecule has 6 nitrogen and oxygen atoms in total. The lowest BCUT2D eigenvalue weighted by Crippen LogP contribution is -2.34. The van der Waals surface area contributed by atoms with Gasteiger partial charge in [-0.3, -0.25) is 0 Å². The van der Waals surface area contributed by atoms with Crippen LogP contribution in [-0.4, -0.2) is 50.6 Å². The van der Waals surface area contributed by atoms with Crippen LogP contribution in [0.15, 0.2) is 40.2 Å². The molecule has 0 unspecified atom stereocenters. The third kappa shape index (κ3) is 4.37.